The van der Waals surface area contributed by atoms with Crippen LogP contribution >= 0.6 is 0 Å². The van der Waals surface area contributed by atoms with E-state index >= 15 is 0 Å². The van der Waals surface area contributed by atoms with E-state index in [0.717, 1.165) is 29.7 Å². The molecule has 0 unspecified atom stereocenters. The van der Waals surface area contributed by atoms with Gasteiger partial charge in [0, 0.05) is 12.2 Å². The molecule has 0 saturated carbocycles. The summed E-state index contributed by atoms with van der Waals surface area (Å²) in [6, 6.07) is 13.8. The summed E-state index contributed by atoms with van der Waals surface area (Å²) in [6.45, 7) is 0.721. The third kappa shape index (κ3) is 3.74. The SMILES string of the molecule is COC(=O)[C@@H]1Cc2ccccc2CN1CC(=O)Nc1ccc2c(c1)CCC2. The average Bonchev–Trinajstić information content (AvgIpc) is 3.14. The van der Waals surface area contributed by atoms with E-state index in [2.05, 4.69) is 17.4 Å². The van der Waals surface area contributed by atoms with E-state index < -0.39 is 6.04 Å². The number of anilines is 1. The van der Waals surface area contributed by atoms with Crippen molar-refractivity contribution in [2.45, 2.75) is 38.3 Å². The molecule has 4 rings (SSSR count). The van der Waals surface area contributed by atoms with E-state index in [4.69, 9.17) is 4.74 Å². The molecule has 0 fully saturated rings. The van der Waals surface area contributed by atoms with E-state index in [1.165, 1.54) is 24.7 Å². The molecule has 27 heavy (non-hydrogen) atoms. The minimum atomic E-state index is -0.435. The first kappa shape index (κ1) is 17.7. The van der Waals surface area contributed by atoms with Crippen LogP contribution in [-0.4, -0.2) is 36.5 Å². The quantitative estimate of drug-likeness (QED) is 0.848. The van der Waals surface area contributed by atoms with Crippen LogP contribution in [0.5, 0.6) is 0 Å². The zero-order valence-corrected chi connectivity index (χ0v) is 15.5. The van der Waals surface area contributed by atoms with Gasteiger partial charge in [0.1, 0.15) is 6.04 Å². The van der Waals surface area contributed by atoms with Gasteiger partial charge in [0.2, 0.25) is 5.91 Å². The molecule has 1 N–H and O–H groups in total. The van der Waals surface area contributed by atoms with Gasteiger partial charge in [0.15, 0.2) is 0 Å². The molecule has 140 valence electrons. The molecule has 0 spiro atoms. The van der Waals surface area contributed by atoms with E-state index in [-0.39, 0.29) is 18.4 Å². The van der Waals surface area contributed by atoms with Gasteiger partial charge in [-0.1, -0.05) is 30.3 Å². The average molecular weight is 364 g/mol. The van der Waals surface area contributed by atoms with Crippen LogP contribution < -0.4 is 5.32 Å². The molecule has 1 aliphatic heterocycles. The van der Waals surface area contributed by atoms with Gasteiger partial charge >= 0.3 is 5.97 Å². The number of nitrogens with one attached hydrogen (secondary N) is 1. The number of amides is 1. The highest BCUT2D eigenvalue weighted by molar-refractivity contribution is 5.93. The lowest BCUT2D eigenvalue weighted by molar-refractivity contribution is -0.148. The van der Waals surface area contributed by atoms with Gasteiger partial charge < -0.3 is 10.1 Å². The number of aryl methyl sites for hydroxylation is 2. The van der Waals surface area contributed by atoms with E-state index in [9.17, 15) is 9.59 Å². The molecule has 0 bridgehead atoms. The number of carbonyl (C=O) groups excluding carboxylic acids is 2. The summed E-state index contributed by atoms with van der Waals surface area (Å²) in [7, 11) is 1.39. The molecule has 2 aliphatic rings. The Morgan fingerprint density at radius 2 is 1.85 bits per heavy atom. The van der Waals surface area contributed by atoms with Crippen LogP contribution in [0.15, 0.2) is 42.5 Å². The third-order valence-electron chi connectivity index (χ3n) is 5.55. The summed E-state index contributed by atoms with van der Waals surface area (Å²) in [5, 5.41) is 2.99. The lowest BCUT2D eigenvalue weighted by atomic mass is 9.94. The minimum absolute atomic E-state index is 0.110. The fourth-order valence-corrected chi connectivity index (χ4v) is 4.15. The molecule has 1 aliphatic carbocycles. The maximum Gasteiger partial charge on any atom is 0.323 e. The smallest absolute Gasteiger partial charge is 0.323 e. The maximum atomic E-state index is 12.6. The molecule has 0 saturated heterocycles. The maximum absolute atomic E-state index is 12.6. The van der Waals surface area contributed by atoms with Gasteiger partial charge in [0.05, 0.1) is 13.7 Å². The molecule has 2 aromatic carbocycles. The normalized spacial score (nSPS) is 18.5. The van der Waals surface area contributed by atoms with E-state index in [1.807, 2.05) is 35.2 Å². The summed E-state index contributed by atoms with van der Waals surface area (Å²) in [6.07, 6.45) is 3.94. The Morgan fingerprint density at radius 3 is 2.67 bits per heavy atom. The van der Waals surface area contributed by atoms with Crippen LogP contribution in [-0.2, 0) is 40.1 Å². The molecule has 1 heterocycles. The molecule has 0 radical (unpaired) electrons. The lowest BCUT2D eigenvalue weighted by Crippen LogP contribution is -2.49. The third-order valence-corrected chi connectivity index (χ3v) is 5.55. The second-order valence-corrected chi connectivity index (χ2v) is 7.30. The number of fused-ring (bicyclic) bond motifs is 2. The Bertz CT molecular complexity index is 878. The number of methoxy groups -OCH3 is 1. The van der Waals surface area contributed by atoms with Crippen molar-refractivity contribution in [3.8, 4) is 0 Å². The van der Waals surface area contributed by atoms with Crippen LogP contribution in [0.4, 0.5) is 5.69 Å². The predicted molar refractivity (Wildman–Crippen MR) is 103 cm³/mol. The Hall–Kier alpha value is -2.66. The Labute approximate surface area is 159 Å². The van der Waals surface area contributed by atoms with Crippen molar-refractivity contribution >= 4 is 17.6 Å². The van der Waals surface area contributed by atoms with Crippen molar-refractivity contribution in [3.05, 3.63) is 64.7 Å². The summed E-state index contributed by atoms with van der Waals surface area (Å²) < 4.78 is 4.97. The molecule has 1 atom stereocenters. The number of hydrogen-bond acceptors (Lipinski definition) is 4. The predicted octanol–water partition coefficient (Wildman–Crippen LogP) is 2.71. The number of ether oxygens (including phenoxy) is 1. The number of benzene rings is 2. The fraction of sp³-hybridized carbons (Fsp3) is 0.364. The van der Waals surface area contributed by atoms with Gasteiger partial charge in [-0.2, -0.15) is 0 Å². The van der Waals surface area contributed by atoms with Crippen molar-refractivity contribution in [1.82, 2.24) is 4.90 Å². The Kier molecular flexibility index (Phi) is 4.94. The number of carbonyl (C=O) groups is 2. The second kappa shape index (κ2) is 7.53. The standard InChI is InChI=1S/C22H24N2O3/c1-27-22(26)20-12-17-5-2-3-6-18(17)13-24(20)14-21(25)23-19-10-9-15-7-4-8-16(15)11-19/h2-3,5-6,9-11,20H,4,7-8,12-14H2,1H3,(H,23,25)/t20-/m0/s1. The van der Waals surface area contributed by atoms with Crippen LogP contribution in [0.2, 0.25) is 0 Å². The molecular weight excluding hydrogens is 340 g/mol. The monoisotopic (exact) mass is 364 g/mol. The van der Waals surface area contributed by atoms with Crippen LogP contribution in [0, 0.1) is 0 Å². The van der Waals surface area contributed by atoms with Gasteiger partial charge in [-0.05, 0) is 60.1 Å². The molecule has 5 heteroatoms. The summed E-state index contributed by atoms with van der Waals surface area (Å²) in [4.78, 5) is 26.8. The van der Waals surface area contributed by atoms with Crippen molar-refractivity contribution in [3.63, 3.8) is 0 Å². The number of esters is 1. The number of rotatable bonds is 4. The number of hydrogen-bond donors (Lipinski definition) is 1. The van der Waals surface area contributed by atoms with Gasteiger partial charge in [-0.25, -0.2) is 0 Å². The van der Waals surface area contributed by atoms with E-state index in [1.54, 1.807) is 0 Å². The lowest BCUT2D eigenvalue weighted by Gasteiger charge is -2.34. The van der Waals surface area contributed by atoms with Crippen LogP contribution in [0.3, 0.4) is 0 Å². The highest BCUT2D eigenvalue weighted by Gasteiger charge is 2.33. The van der Waals surface area contributed by atoms with Crippen molar-refractivity contribution in [2.24, 2.45) is 0 Å². The minimum Gasteiger partial charge on any atom is -0.468 e. The van der Waals surface area contributed by atoms with Crippen molar-refractivity contribution < 1.29 is 14.3 Å². The second-order valence-electron chi connectivity index (χ2n) is 7.30. The molecule has 0 aromatic heterocycles. The Balaban J connectivity index is 1.47. The summed E-state index contributed by atoms with van der Waals surface area (Å²) in [5.41, 5.74) is 5.83. The molecule has 2 aromatic rings. The van der Waals surface area contributed by atoms with Crippen molar-refractivity contribution in [1.29, 1.82) is 0 Å². The first-order valence-electron chi connectivity index (χ1n) is 9.44. The summed E-state index contributed by atoms with van der Waals surface area (Å²) in [5.74, 6) is -0.406. The highest BCUT2D eigenvalue weighted by atomic mass is 16.5. The first-order chi connectivity index (χ1) is 13.1. The van der Waals surface area contributed by atoms with Gasteiger partial charge in [-0.3, -0.25) is 14.5 Å². The zero-order valence-electron chi connectivity index (χ0n) is 15.5. The fourth-order valence-electron chi connectivity index (χ4n) is 4.15. The zero-order chi connectivity index (χ0) is 18.8. The molecular formula is C22H24N2O3. The van der Waals surface area contributed by atoms with Gasteiger partial charge in [-0.15, -0.1) is 0 Å². The molecule has 5 nitrogen and oxygen atoms in total. The Morgan fingerprint density at radius 1 is 1.07 bits per heavy atom. The van der Waals surface area contributed by atoms with E-state index in [0.29, 0.717) is 13.0 Å². The first-order valence-corrected chi connectivity index (χ1v) is 9.44. The van der Waals surface area contributed by atoms with Crippen LogP contribution in [0.1, 0.15) is 28.7 Å². The van der Waals surface area contributed by atoms with Crippen LogP contribution in [0.25, 0.3) is 0 Å². The number of nitrogens with zero attached hydrogens (tertiary/aromatic N) is 1. The molecule has 1 amide bonds. The summed E-state index contributed by atoms with van der Waals surface area (Å²) >= 11 is 0. The largest absolute Gasteiger partial charge is 0.468 e. The van der Waals surface area contributed by atoms with Gasteiger partial charge in [0.25, 0.3) is 0 Å². The highest BCUT2D eigenvalue weighted by Crippen LogP contribution is 2.26. The van der Waals surface area contributed by atoms with Crippen molar-refractivity contribution in [2.75, 3.05) is 19.0 Å². The topological polar surface area (TPSA) is 58.6 Å².